The smallest absolute Gasteiger partial charge is 0.109 e. The highest BCUT2D eigenvalue weighted by atomic mass is 16.3. The van der Waals surface area contributed by atoms with Crippen molar-refractivity contribution in [2.75, 3.05) is 0 Å². The van der Waals surface area contributed by atoms with E-state index >= 15 is 0 Å². The van der Waals surface area contributed by atoms with Gasteiger partial charge in [0.05, 0.1) is 12.3 Å². The Balaban J connectivity index is 2.37. The molecule has 1 N–H and O–H groups in total. The standard InChI is InChI=1S/C9H14N2O/c1-7-3-2-4-9-10-8(6-12)5-11(7)9/h5,7,12H,2-4,6H2,1H3. The molecule has 0 spiro atoms. The number of fused-ring (bicyclic) bond motifs is 1. The van der Waals surface area contributed by atoms with E-state index in [1.54, 1.807) is 0 Å². The van der Waals surface area contributed by atoms with E-state index < -0.39 is 0 Å². The summed E-state index contributed by atoms with van der Waals surface area (Å²) in [6.07, 6.45) is 5.49. The molecule has 0 saturated carbocycles. The molecule has 3 nitrogen and oxygen atoms in total. The van der Waals surface area contributed by atoms with Gasteiger partial charge in [0.25, 0.3) is 0 Å². The van der Waals surface area contributed by atoms with Gasteiger partial charge < -0.3 is 9.67 Å². The van der Waals surface area contributed by atoms with Crippen LogP contribution in [-0.2, 0) is 13.0 Å². The molecule has 1 unspecified atom stereocenters. The second kappa shape index (κ2) is 2.90. The molecule has 0 aliphatic carbocycles. The second-order valence-corrected chi connectivity index (χ2v) is 3.46. The lowest BCUT2D eigenvalue weighted by Crippen LogP contribution is -2.14. The lowest BCUT2D eigenvalue weighted by atomic mass is 10.1. The maximum atomic E-state index is 8.90. The van der Waals surface area contributed by atoms with Gasteiger partial charge in [-0.2, -0.15) is 0 Å². The number of nitrogens with zero attached hydrogens (tertiary/aromatic N) is 2. The SMILES string of the molecule is CC1CCCc2nc(CO)cn21. The normalized spacial score (nSPS) is 22.3. The molecule has 1 atom stereocenters. The van der Waals surface area contributed by atoms with Crippen LogP contribution in [0.5, 0.6) is 0 Å². The minimum Gasteiger partial charge on any atom is -0.390 e. The van der Waals surface area contributed by atoms with Gasteiger partial charge in [-0.3, -0.25) is 0 Å². The predicted octanol–water partition coefficient (Wildman–Crippen LogP) is 1.27. The second-order valence-electron chi connectivity index (χ2n) is 3.46. The van der Waals surface area contributed by atoms with E-state index in [1.165, 1.54) is 12.8 Å². The Morgan fingerprint density at radius 2 is 2.58 bits per heavy atom. The van der Waals surface area contributed by atoms with E-state index in [-0.39, 0.29) is 6.61 Å². The summed E-state index contributed by atoms with van der Waals surface area (Å²) in [5.74, 6) is 1.14. The van der Waals surface area contributed by atoms with Crippen molar-refractivity contribution in [1.29, 1.82) is 0 Å². The Hall–Kier alpha value is -0.830. The van der Waals surface area contributed by atoms with E-state index in [9.17, 15) is 0 Å². The van der Waals surface area contributed by atoms with Crippen molar-refractivity contribution < 1.29 is 5.11 Å². The van der Waals surface area contributed by atoms with Crippen LogP contribution in [0.2, 0.25) is 0 Å². The van der Waals surface area contributed by atoms with Crippen molar-refractivity contribution in [1.82, 2.24) is 9.55 Å². The molecule has 1 aromatic rings. The van der Waals surface area contributed by atoms with Crippen molar-refractivity contribution in [3.63, 3.8) is 0 Å². The number of aromatic nitrogens is 2. The van der Waals surface area contributed by atoms with E-state index in [0.717, 1.165) is 17.9 Å². The van der Waals surface area contributed by atoms with Crippen LogP contribution in [0.1, 0.15) is 37.3 Å². The van der Waals surface area contributed by atoms with Crippen LogP contribution < -0.4 is 0 Å². The Kier molecular flexibility index (Phi) is 1.89. The lowest BCUT2D eigenvalue weighted by Gasteiger charge is -2.20. The molecule has 2 rings (SSSR count). The van der Waals surface area contributed by atoms with E-state index in [4.69, 9.17) is 5.11 Å². The first kappa shape index (κ1) is 7.80. The van der Waals surface area contributed by atoms with Gasteiger partial charge in [0.1, 0.15) is 5.82 Å². The maximum absolute atomic E-state index is 8.90. The molecule has 12 heavy (non-hydrogen) atoms. The summed E-state index contributed by atoms with van der Waals surface area (Å²) in [6, 6.07) is 0.557. The fourth-order valence-corrected chi connectivity index (χ4v) is 1.82. The molecular weight excluding hydrogens is 152 g/mol. The summed E-state index contributed by atoms with van der Waals surface area (Å²) in [6.45, 7) is 2.26. The van der Waals surface area contributed by atoms with Crippen molar-refractivity contribution in [3.8, 4) is 0 Å². The van der Waals surface area contributed by atoms with Crippen molar-refractivity contribution in [2.45, 2.75) is 38.8 Å². The van der Waals surface area contributed by atoms with Crippen LogP contribution in [-0.4, -0.2) is 14.7 Å². The predicted molar refractivity (Wildman–Crippen MR) is 45.8 cm³/mol. The maximum Gasteiger partial charge on any atom is 0.109 e. The van der Waals surface area contributed by atoms with Gasteiger partial charge in [0.2, 0.25) is 0 Å². The summed E-state index contributed by atoms with van der Waals surface area (Å²) in [4.78, 5) is 4.33. The number of rotatable bonds is 1. The highest BCUT2D eigenvalue weighted by molar-refractivity contribution is 5.06. The van der Waals surface area contributed by atoms with E-state index in [0.29, 0.717) is 6.04 Å². The first-order valence-corrected chi connectivity index (χ1v) is 4.48. The summed E-state index contributed by atoms with van der Waals surface area (Å²) in [7, 11) is 0. The topological polar surface area (TPSA) is 38.1 Å². The van der Waals surface area contributed by atoms with Crippen molar-refractivity contribution >= 4 is 0 Å². The van der Waals surface area contributed by atoms with Crippen molar-refractivity contribution in [2.24, 2.45) is 0 Å². The highest BCUT2D eigenvalue weighted by Crippen LogP contribution is 2.23. The average Bonchev–Trinajstić information content (AvgIpc) is 2.49. The first-order valence-electron chi connectivity index (χ1n) is 4.48. The molecule has 1 aliphatic heterocycles. The Morgan fingerprint density at radius 1 is 1.75 bits per heavy atom. The van der Waals surface area contributed by atoms with E-state index in [2.05, 4.69) is 16.5 Å². The average molecular weight is 166 g/mol. The van der Waals surface area contributed by atoms with Gasteiger partial charge in [0, 0.05) is 18.7 Å². The monoisotopic (exact) mass is 166 g/mol. The summed E-state index contributed by atoms with van der Waals surface area (Å²) < 4.78 is 2.19. The Morgan fingerprint density at radius 3 is 3.25 bits per heavy atom. The molecule has 0 saturated heterocycles. The molecule has 0 radical (unpaired) electrons. The minimum absolute atomic E-state index is 0.0622. The quantitative estimate of drug-likeness (QED) is 0.682. The summed E-state index contributed by atoms with van der Waals surface area (Å²) >= 11 is 0. The van der Waals surface area contributed by atoms with Crippen LogP contribution in [0, 0.1) is 0 Å². The van der Waals surface area contributed by atoms with Crippen LogP contribution in [0.25, 0.3) is 0 Å². The molecule has 2 heterocycles. The zero-order valence-corrected chi connectivity index (χ0v) is 7.32. The number of aryl methyl sites for hydroxylation is 1. The number of hydrogen-bond donors (Lipinski definition) is 1. The molecule has 1 aromatic heterocycles. The van der Waals surface area contributed by atoms with Crippen LogP contribution in [0.3, 0.4) is 0 Å². The van der Waals surface area contributed by atoms with Gasteiger partial charge in [-0.25, -0.2) is 4.98 Å². The third kappa shape index (κ3) is 1.14. The van der Waals surface area contributed by atoms with Crippen LogP contribution in [0.15, 0.2) is 6.20 Å². The van der Waals surface area contributed by atoms with Crippen molar-refractivity contribution in [3.05, 3.63) is 17.7 Å². The van der Waals surface area contributed by atoms with Gasteiger partial charge >= 0.3 is 0 Å². The van der Waals surface area contributed by atoms with Gasteiger partial charge in [-0.15, -0.1) is 0 Å². The number of aliphatic hydroxyl groups excluding tert-OH is 1. The molecule has 0 fully saturated rings. The lowest BCUT2D eigenvalue weighted by molar-refractivity contribution is 0.277. The molecule has 3 heteroatoms. The van der Waals surface area contributed by atoms with Gasteiger partial charge in [0.15, 0.2) is 0 Å². The highest BCUT2D eigenvalue weighted by Gasteiger charge is 2.17. The third-order valence-corrected chi connectivity index (χ3v) is 2.52. The first-order chi connectivity index (χ1) is 5.81. The number of aliphatic hydroxyl groups is 1. The molecule has 1 aliphatic rings. The van der Waals surface area contributed by atoms with Crippen LogP contribution >= 0.6 is 0 Å². The number of hydrogen-bond acceptors (Lipinski definition) is 2. The minimum atomic E-state index is 0.0622. The van der Waals surface area contributed by atoms with Gasteiger partial charge in [-0.1, -0.05) is 0 Å². The molecule has 0 aromatic carbocycles. The zero-order chi connectivity index (χ0) is 8.55. The summed E-state index contributed by atoms with van der Waals surface area (Å²) in [5.41, 5.74) is 0.804. The van der Waals surface area contributed by atoms with Crippen LogP contribution in [0.4, 0.5) is 0 Å². The third-order valence-electron chi connectivity index (χ3n) is 2.52. The molecule has 0 bridgehead atoms. The fraction of sp³-hybridized carbons (Fsp3) is 0.667. The molecule has 0 amide bonds. The Bertz CT molecular complexity index is 280. The Labute approximate surface area is 72.0 Å². The van der Waals surface area contributed by atoms with E-state index in [1.807, 2.05) is 6.20 Å². The zero-order valence-electron chi connectivity index (χ0n) is 7.32. The number of imidazole rings is 1. The summed E-state index contributed by atoms with van der Waals surface area (Å²) in [5, 5.41) is 8.90. The molecule has 66 valence electrons. The largest absolute Gasteiger partial charge is 0.390 e. The molecular formula is C9H14N2O. The fourth-order valence-electron chi connectivity index (χ4n) is 1.82. The van der Waals surface area contributed by atoms with Gasteiger partial charge in [-0.05, 0) is 19.8 Å².